The Hall–Kier alpha value is -3.15. The van der Waals surface area contributed by atoms with Gasteiger partial charge in [-0.25, -0.2) is 9.18 Å². The van der Waals surface area contributed by atoms with Gasteiger partial charge in [-0.15, -0.1) is 0 Å². The zero-order chi connectivity index (χ0) is 20.4. The number of H-pyrrole nitrogens is 1. The van der Waals surface area contributed by atoms with Crippen molar-refractivity contribution in [2.75, 3.05) is 20.2 Å². The number of piperidine rings is 1. The summed E-state index contributed by atoms with van der Waals surface area (Å²) in [5.74, 6) is 0.0473. The van der Waals surface area contributed by atoms with Crippen molar-refractivity contribution < 1.29 is 18.7 Å². The molecular formula is C23H23FN2O3. The lowest BCUT2D eigenvalue weighted by molar-refractivity contribution is 0.0988. The number of hydrogen-bond donors (Lipinski definition) is 1. The van der Waals surface area contributed by atoms with Gasteiger partial charge in [-0.2, -0.15) is 0 Å². The number of nitrogens with zero attached hydrogens (tertiary/aromatic N) is 1. The van der Waals surface area contributed by atoms with Gasteiger partial charge in [-0.1, -0.05) is 18.2 Å². The summed E-state index contributed by atoms with van der Waals surface area (Å²) < 4.78 is 17.8. The lowest BCUT2D eigenvalue weighted by Crippen LogP contribution is -2.37. The van der Waals surface area contributed by atoms with E-state index in [0.717, 1.165) is 29.3 Å². The van der Waals surface area contributed by atoms with Crippen LogP contribution in [0.2, 0.25) is 0 Å². The molecule has 1 amide bonds. The molecule has 1 saturated heterocycles. The fourth-order valence-electron chi connectivity index (χ4n) is 3.96. The van der Waals surface area contributed by atoms with Gasteiger partial charge in [-0.3, -0.25) is 4.79 Å². The molecule has 1 N–H and O–H groups in total. The fraction of sp³-hybridized carbons (Fsp3) is 0.304. The van der Waals surface area contributed by atoms with Gasteiger partial charge < -0.3 is 14.6 Å². The van der Waals surface area contributed by atoms with Crippen molar-refractivity contribution in [3.8, 4) is 0 Å². The summed E-state index contributed by atoms with van der Waals surface area (Å²) in [4.78, 5) is 29.2. The summed E-state index contributed by atoms with van der Waals surface area (Å²) in [6.45, 7) is 1.37. The predicted molar refractivity (Wildman–Crippen MR) is 109 cm³/mol. The van der Waals surface area contributed by atoms with Crippen molar-refractivity contribution in [3.05, 3.63) is 71.2 Å². The van der Waals surface area contributed by atoms with Crippen molar-refractivity contribution in [2.45, 2.75) is 25.2 Å². The summed E-state index contributed by atoms with van der Waals surface area (Å²) in [7, 11) is 1.41. The number of Topliss-reactive ketones (excluding diaryl/α,β-unsaturated/α-hetero) is 1. The molecule has 0 spiro atoms. The van der Waals surface area contributed by atoms with Gasteiger partial charge in [0.05, 0.1) is 12.8 Å². The van der Waals surface area contributed by atoms with Gasteiger partial charge in [0, 0.05) is 30.4 Å². The molecule has 3 aromatic rings. The average molecular weight is 394 g/mol. The maximum absolute atomic E-state index is 13.0. The Balaban J connectivity index is 1.47. The number of ether oxygens (including phenoxy) is 1. The number of halogens is 1. The number of hydrogen-bond acceptors (Lipinski definition) is 3. The smallest absolute Gasteiger partial charge is 0.409 e. The molecule has 29 heavy (non-hydrogen) atoms. The van der Waals surface area contributed by atoms with Crippen LogP contribution in [0.4, 0.5) is 9.18 Å². The molecule has 2 heterocycles. The minimum Gasteiger partial charge on any atom is -0.453 e. The van der Waals surface area contributed by atoms with E-state index in [-0.39, 0.29) is 24.1 Å². The molecule has 1 fully saturated rings. The highest BCUT2D eigenvalue weighted by Crippen LogP contribution is 2.30. The first-order valence-electron chi connectivity index (χ1n) is 9.76. The molecular weight excluding hydrogens is 371 g/mol. The van der Waals surface area contributed by atoms with Crippen LogP contribution in [-0.2, 0) is 11.2 Å². The maximum atomic E-state index is 13.0. The van der Waals surface area contributed by atoms with Gasteiger partial charge >= 0.3 is 6.09 Å². The summed E-state index contributed by atoms with van der Waals surface area (Å²) in [6.07, 6.45) is 1.74. The molecule has 0 aliphatic carbocycles. The van der Waals surface area contributed by atoms with E-state index in [1.165, 1.54) is 24.8 Å². The lowest BCUT2D eigenvalue weighted by Gasteiger charge is -2.31. The van der Waals surface area contributed by atoms with Crippen molar-refractivity contribution >= 4 is 22.8 Å². The topological polar surface area (TPSA) is 62.4 Å². The minimum atomic E-state index is -0.309. The summed E-state index contributed by atoms with van der Waals surface area (Å²) in [5, 5.41) is 1.00. The standard InChI is InChI=1S/C23H23FN2O3/c1-29-23(28)26-10-8-16(9-11-26)17-4-7-20-18(13-17)14-21(25-20)22(27)12-15-2-5-19(24)6-3-15/h2-7,13-14,16,25H,8-12H2,1H3. The third-order valence-electron chi connectivity index (χ3n) is 5.62. The second-order valence-corrected chi connectivity index (χ2v) is 7.49. The zero-order valence-electron chi connectivity index (χ0n) is 16.3. The van der Waals surface area contributed by atoms with Gasteiger partial charge in [0.1, 0.15) is 5.82 Å². The molecule has 0 unspecified atom stereocenters. The van der Waals surface area contributed by atoms with Crippen LogP contribution >= 0.6 is 0 Å². The summed E-state index contributed by atoms with van der Waals surface area (Å²) in [5.41, 5.74) is 3.48. The van der Waals surface area contributed by atoms with E-state index in [2.05, 4.69) is 17.1 Å². The molecule has 1 aliphatic rings. The Labute approximate surface area is 168 Å². The molecule has 0 bridgehead atoms. The van der Waals surface area contributed by atoms with Crippen molar-refractivity contribution in [2.24, 2.45) is 0 Å². The minimum absolute atomic E-state index is 0.0271. The van der Waals surface area contributed by atoms with Gasteiger partial charge in [0.15, 0.2) is 5.78 Å². The number of carbonyl (C=O) groups excluding carboxylic acids is 2. The van der Waals surface area contributed by atoms with Crippen LogP contribution in [0.25, 0.3) is 10.9 Å². The molecule has 0 saturated carbocycles. The highest BCUT2D eigenvalue weighted by atomic mass is 19.1. The number of methoxy groups -OCH3 is 1. The number of likely N-dealkylation sites (tertiary alicyclic amines) is 1. The Bertz CT molecular complexity index is 1030. The maximum Gasteiger partial charge on any atom is 0.409 e. The SMILES string of the molecule is COC(=O)N1CCC(c2ccc3[nH]c(C(=O)Cc4ccc(F)cc4)cc3c2)CC1. The fourth-order valence-corrected chi connectivity index (χ4v) is 3.96. The first-order valence-corrected chi connectivity index (χ1v) is 9.76. The average Bonchev–Trinajstić information content (AvgIpc) is 3.18. The molecule has 2 aromatic carbocycles. The van der Waals surface area contributed by atoms with Crippen LogP contribution in [0.3, 0.4) is 0 Å². The number of aromatic nitrogens is 1. The first-order chi connectivity index (χ1) is 14.0. The molecule has 5 nitrogen and oxygen atoms in total. The van der Waals surface area contributed by atoms with Crippen molar-refractivity contribution in [1.82, 2.24) is 9.88 Å². The first kappa shape index (κ1) is 19.2. The Morgan fingerprint density at radius 1 is 1.10 bits per heavy atom. The molecule has 1 aliphatic heterocycles. The molecule has 0 atom stereocenters. The number of ketones is 1. The van der Waals surface area contributed by atoms with Crippen LogP contribution in [0.1, 0.15) is 40.4 Å². The number of rotatable bonds is 4. The predicted octanol–water partition coefficient (Wildman–Crippen LogP) is 4.68. The molecule has 6 heteroatoms. The number of amides is 1. The van der Waals surface area contributed by atoms with Crippen LogP contribution < -0.4 is 0 Å². The van der Waals surface area contributed by atoms with E-state index in [9.17, 15) is 14.0 Å². The monoisotopic (exact) mass is 394 g/mol. The Kier molecular flexibility index (Phi) is 5.34. The van der Waals surface area contributed by atoms with E-state index in [0.29, 0.717) is 24.7 Å². The van der Waals surface area contributed by atoms with Crippen LogP contribution in [0, 0.1) is 5.82 Å². The number of aromatic amines is 1. The van der Waals surface area contributed by atoms with Crippen molar-refractivity contribution in [1.29, 1.82) is 0 Å². The van der Waals surface area contributed by atoms with Crippen LogP contribution in [0.5, 0.6) is 0 Å². The summed E-state index contributed by atoms with van der Waals surface area (Å²) >= 11 is 0. The second-order valence-electron chi connectivity index (χ2n) is 7.49. The Morgan fingerprint density at radius 3 is 2.52 bits per heavy atom. The zero-order valence-corrected chi connectivity index (χ0v) is 16.3. The normalized spacial score (nSPS) is 14.9. The molecule has 4 rings (SSSR count). The van der Waals surface area contributed by atoms with Crippen LogP contribution in [0.15, 0.2) is 48.5 Å². The highest BCUT2D eigenvalue weighted by molar-refractivity contribution is 6.00. The highest BCUT2D eigenvalue weighted by Gasteiger charge is 2.24. The van der Waals surface area contributed by atoms with E-state index < -0.39 is 0 Å². The van der Waals surface area contributed by atoms with Crippen LogP contribution in [-0.4, -0.2) is 42.0 Å². The van der Waals surface area contributed by atoms with Crippen molar-refractivity contribution in [3.63, 3.8) is 0 Å². The Morgan fingerprint density at radius 2 is 1.83 bits per heavy atom. The largest absolute Gasteiger partial charge is 0.453 e. The number of carbonyl (C=O) groups is 2. The lowest BCUT2D eigenvalue weighted by atomic mass is 9.89. The van der Waals surface area contributed by atoms with E-state index >= 15 is 0 Å². The second kappa shape index (κ2) is 8.07. The van der Waals surface area contributed by atoms with Gasteiger partial charge in [0.25, 0.3) is 0 Å². The third kappa shape index (κ3) is 4.16. The summed E-state index contributed by atoms with van der Waals surface area (Å²) in [6, 6.07) is 14.1. The number of benzene rings is 2. The molecule has 150 valence electrons. The molecule has 0 radical (unpaired) electrons. The van der Waals surface area contributed by atoms with Gasteiger partial charge in [-0.05, 0) is 60.2 Å². The van der Waals surface area contributed by atoms with E-state index in [4.69, 9.17) is 4.74 Å². The quantitative estimate of drug-likeness (QED) is 0.654. The third-order valence-corrected chi connectivity index (χ3v) is 5.62. The van der Waals surface area contributed by atoms with E-state index in [1.54, 1.807) is 17.0 Å². The number of nitrogens with one attached hydrogen (secondary N) is 1. The van der Waals surface area contributed by atoms with E-state index in [1.807, 2.05) is 12.1 Å². The number of fused-ring (bicyclic) bond motifs is 1. The molecule has 1 aromatic heterocycles. The van der Waals surface area contributed by atoms with Gasteiger partial charge in [0.2, 0.25) is 0 Å².